The van der Waals surface area contributed by atoms with Crippen molar-refractivity contribution in [3.05, 3.63) is 35.4 Å². The maximum Gasteiger partial charge on any atom is 0.340 e. The van der Waals surface area contributed by atoms with Crippen LogP contribution in [0.1, 0.15) is 21.9 Å². The Labute approximate surface area is 115 Å². The average Bonchev–Trinajstić information content (AvgIpc) is 2.98. The number of carboxylic acid groups (broad SMARTS) is 1. The van der Waals surface area contributed by atoms with E-state index in [1.54, 1.807) is 19.1 Å². The molecule has 2 heterocycles. The summed E-state index contributed by atoms with van der Waals surface area (Å²) < 4.78 is 30.8. The Bertz CT molecular complexity index is 731. The molecule has 0 unspecified atom stereocenters. The van der Waals surface area contributed by atoms with Gasteiger partial charge >= 0.3 is 5.97 Å². The molecular weight excluding hydrogens is 286 g/mol. The summed E-state index contributed by atoms with van der Waals surface area (Å²) in [5.74, 6) is -0.233. The molecule has 2 aromatic heterocycles. The fraction of sp³-hybridized carbons (Fsp3) is 0.273. The van der Waals surface area contributed by atoms with Gasteiger partial charge in [0, 0.05) is 7.05 Å². The molecule has 20 heavy (non-hydrogen) atoms. The minimum atomic E-state index is -3.99. The van der Waals surface area contributed by atoms with Gasteiger partial charge in [0.2, 0.25) is 0 Å². The smallest absolute Gasteiger partial charge is 0.340 e. The average molecular weight is 299 g/mol. The van der Waals surface area contributed by atoms with Crippen molar-refractivity contribution in [1.82, 2.24) is 14.5 Å². The summed E-state index contributed by atoms with van der Waals surface area (Å²) in [5.41, 5.74) is -0.396. The van der Waals surface area contributed by atoms with Gasteiger partial charge in [0.25, 0.3) is 10.0 Å². The number of nitrogens with zero attached hydrogens (tertiary/aromatic N) is 2. The number of furan rings is 1. The van der Waals surface area contributed by atoms with Gasteiger partial charge in [-0.3, -0.25) is 5.10 Å². The summed E-state index contributed by atoms with van der Waals surface area (Å²) in [7, 11) is -2.65. The van der Waals surface area contributed by atoms with Crippen molar-refractivity contribution >= 4 is 16.0 Å². The molecule has 0 atom stereocenters. The van der Waals surface area contributed by atoms with Crippen LogP contribution in [0, 0.1) is 6.92 Å². The topological polar surface area (TPSA) is 116 Å². The molecule has 0 saturated heterocycles. The molecule has 2 rings (SSSR count). The number of hydrogen-bond acceptors (Lipinski definition) is 5. The highest BCUT2D eigenvalue weighted by Crippen LogP contribution is 2.19. The molecule has 0 bridgehead atoms. The highest BCUT2D eigenvalue weighted by molar-refractivity contribution is 7.89. The molecule has 0 aliphatic heterocycles. The number of aromatic carboxylic acids is 1. The van der Waals surface area contributed by atoms with Crippen LogP contribution in [0.5, 0.6) is 0 Å². The van der Waals surface area contributed by atoms with Crippen LogP contribution in [-0.2, 0) is 16.6 Å². The highest BCUT2D eigenvalue weighted by Gasteiger charge is 2.29. The number of aromatic amines is 1. The SMILES string of the molecule is Cc1ccc(CN(C)S(=O)(=O)c2[nH]ncc2C(=O)O)o1. The molecule has 0 aliphatic rings. The van der Waals surface area contributed by atoms with Crippen LogP contribution >= 0.6 is 0 Å². The molecular formula is C11H13N3O5S. The fourth-order valence-corrected chi connectivity index (χ4v) is 2.85. The number of sulfonamides is 1. The monoisotopic (exact) mass is 299 g/mol. The lowest BCUT2D eigenvalue weighted by molar-refractivity contribution is 0.0692. The summed E-state index contributed by atoms with van der Waals surface area (Å²) in [6, 6.07) is 3.38. The Hall–Kier alpha value is -2.13. The Morgan fingerprint density at radius 3 is 2.75 bits per heavy atom. The third-order valence-electron chi connectivity index (χ3n) is 2.68. The summed E-state index contributed by atoms with van der Waals surface area (Å²) in [5, 5.41) is 14.2. The van der Waals surface area contributed by atoms with E-state index in [0.717, 1.165) is 10.5 Å². The zero-order valence-electron chi connectivity index (χ0n) is 10.8. The van der Waals surface area contributed by atoms with Gasteiger partial charge in [0.05, 0.1) is 12.7 Å². The number of aromatic nitrogens is 2. The number of aryl methyl sites for hydroxylation is 1. The van der Waals surface area contributed by atoms with Crippen LogP contribution in [0.25, 0.3) is 0 Å². The lowest BCUT2D eigenvalue weighted by Crippen LogP contribution is -2.28. The van der Waals surface area contributed by atoms with Gasteiger partial charge in [-0.2, -0.15) is 9.40 Å². The highest BCUT2D eigenvalue weighted by atomic mass is 32.2. The van der Waals surface area contributed by atoms with Gasteiger partial charge in [-0.15, -0.1) is 0 Å². The van der Waals surface area contributed by atoms with Gasteiger partial charge in [0.1, 0.15) is 17.1 Å². The number of H-pyrrole nitrogens is 1. The number of carbonyl (C=O) groups is 1. The summed E-state index contributed by atoms with van der Waals surface area (Å²) >= 11 is 0. The molecule has 9 heteroatoms. The first kappa shape index (κ1) is 14.3. The minimum absolute atomic E-state index is 0.00570. The maximum atomic E-state index is 12.3. The van der Waals surface area contributed by atoms with Gasteiger partial charge in [-0.25, -0.2) is 13.2 Å². The quantitative estimate of drug-likeness (QED) is 0.844. The van der Waals surface area contributed by atoms with Crippen LogP contribution in [0.15, 0.2) is 27.8 Å². The minimum Gasteiger partial charge on any atom is -0.478 e. The van der Waals surface area contributed by atoms with E-state index in [0.29, 0.717) is 11.5 Å². The molecule has 0 amide bonds. The van der Waals surface area contributed by atoms with Gasteiger partial charge in [-0.1, -0.05) is 0 Å². The zero-order valence-corrected chi connectivity index (χ0v) is 11.6. The van der Waals surface area contributed by atoms with Crippen LogP contribution < -0.4 is 0 Å². The second kappa shape index (κ2) is 5.10. The van der Waals surface area contributed by atoms with E-state index in [2.05, 4.69) is 10.2 Å². The fourth-order valence-electron chi connectivity index (χ4n) is 1.65. The van der Waals surface area contributed by atoms with Crippen LogP contribution in [-0.4, -0.2) is 41.0 Å². The molecule has 8 nitrogen and oxygen atoms in total. The lowest BCUT2D eigenvalue weighted by atomic mass is 10.4. The Morgan fingerprint density at radius 2 is 2.20 bits per heavy atom. The van der Waals surface area contributed by atoms with Crippen LogP contribution in [0.4, 0.5) is 0 Å². The molecule has 2 aromatic rings. The molecule has 0 spiro atoms. The van der Waals surface area contributed by atoms with E-state index >= 15 is 0 Å². The molecule has 0 fully saturated rings. The second-order valence-electron chi connectivity index (χ2n) is 4.19. The van der Waals surface area contributed by atoms with Crippen molar-refractivity contribution in [3.63, 3.8) is 0 Å². The van der Waals surface area contributed by atoms with E-state index < -0.39 is 26.6 Å². The molecule has 108 valence electrons. The summed E-state index contributed by atoms with van der Waals surface area (Å²) in [6.45, 7) is 1.74. The van der Waals surface area contributed by atoms with Crippen LogP contribution in [0.2, 0.25) is 0 Å². The lowest BCUT2D eigenvalue weighted by Gasteiger charge is -2.14. The first-order valence-corrected chi connectivity index (χ1v) is 7.04. The van der Waals surface area contributed by atoms with Gasteiger partial charge in [-0.05, 0) is 19.1 Å². The van der Waals surface area contributed by atoms with Crippen molar-refractivity contribution < 1.29 is 22.7 Å². The predicted octanol–water partition coefficient (Wildman–Crippen LogP) is 0.830. The summed E-state index contributed by atoms with van der Waals surface area (Å²) in [6.07, 6.45) is 0.958. The Balaban J connectivity index is 2.30. The first-order valence-electron chi connectivity index (χ1n) is 5.60. The normalized spacial score (nSPS) is 11.9. The maximum absolute atomic E-state index is 12.3. The first-order chi connectivity index (χ1) is 9.32. The molecule has 0 saturated carbocycles. The molecule has 2 N–H and O–H groups in total. The van der Waals surface area contributed by atoms with Crippen molar-refractivity contribution in [1.29, 1.82) is 0 Å². The predicted molar refractivity (Wildman–Crippen MR) is 67.6 cm³/mol. The van der Waals surface area contributed by atoms with E-state index in [9.17, 15) is 13.2 Å². The number of nitrogens with one attached hydrogen (secondary N) is 1. The van der Waals surface area contributed by atoms with Gasteiger partial charge < -0.3 is 9.52 Å². The van der Waals surface area contributed by atoms with E-state index in [1.165, 1.54) is 7.05 Å². The Morgan fingerprint density at radius 1 is 1.50 bits per heavy atom. The van der Waals surface area contributed by atoms with E-state index in [4.69, 9.17) is 9.52 Å². The largest absolute Gasteiger partial charge is 0.478 e. The number of rotatable bonds is 5. The van der Waals surface area contributed by atoms with E-state index in [1.807, 2.05) is 0 Å². The molecule has 0 aliphatic carbocycles. The van der Waals surface area contributed by atoms with Crippen molar-refractivity contribution in [2.75, 3.05) is 7.05 Å². The number of carboxylic acids is 1. The van der Waals surface area contributed by atoms with Crippen LogP contribution in [0.3, 0.4) is 0 Å². The van der Waals surface area contributed by atoms with Crippen molar-refractivity contribution in [2.45, 2.75) is 18.5 Å². The number of hydrogen-bond donors (Lipinski definition) is 2. The Kier molecular flexibility index (Phi) is 3.64. The summed E-state index contributed by atoms with van der Waals surface area (Å²) in [4.78, 5) is 11.0. The third kappa shape index (κ3) is 2.58. The van der Waals surface area contributed by atoms with Gasteiger partial charge in [0.15, 0.2) is 5.03 Å². The van der Waals surface area contributed by atoms with Crippen molar-refractivity contribution in [2.24, 2.45) is 0 Å². The third-order valence-corrected chi connectivity index (χ3v) is 4.45. The van der Waals surface area contributed by atoms with E-state index in [-0.39, 0.29) is 6.54 Å². The molecule has 0 aromatic carbocycles. The zero-order chi connectivity index (χ0) is 14.9. The molecule has 0 radical (unpaired) electrons. The second-order valence-corrected chi connectivity index (χ2v) is 6.17. The van der Waals surface area contributed by atoms with Crippen molar-refractivity contribution in [3.8, 4) is 0 Å². The standard InChI is InChI=1S/C11H13N3O5S/c1-7-3-4-8(19-7)6-14(2)20(17,18)10-9(11(15)16)5-12-13-10/h3-5H,6H2,1-2H3,(H,12,13)(H,15,16).